The first-order valence-electron chi connectivity index (χ1n) is 5.49. The van der Waals surface area contributed by atoms with E-state index in [0.29, 0.717) is 11.4 Å². The smallest absolute Gasteiger partial charge is 0.345 e. The van der Waals surface area contributed by atoms with E-state index in [4.69, 9.17) is 5.11 Å². The predicted octanol–water partition coefficient (Wildman–Crippen LogP) is 4.89. The van der Waals surface area contributed by atoms with E-state index in [9.17, 15) is 4.79 Å². The Morgan fingerprint density at radius 2 is 2.00 bits per heavy atom. The normalized spacial score (nSPS) is 10.5. The maximum Gasteiger partial charge on any atom is 0.345 e. The molecule has 0 atom stereocenters. The minimum Gasteiger partial charge on any atom is -0.477 e. The van der Waals surface area contributed by atoms with Gasteiger partial charge in [0.05, 0.1) is 5.69 Å². The number of aryl methyl sites for hydroxylation is 1. The van der Waals surface area contributed by atoms with Gasteiger partial charge in [-0.25, -0.2) is 4.79 Å². The van der Waals surface area contributed by atoms with Crippen molar-refractivity contribution in [2.24, 2.45) is 0 Å². The summed E-state index contributed by atoms with van der Waals surface area (Å²) in [6.45, 7) is 2.53. The van der Waals surface area contributed by atoms with Gasteiger partial charge in [-0.05, 0) is 62.5 Å². The Balaban J connectivity index is 2.17. The fraction of sp³-hybridized carbons (Fsp3) is 0.154. The number of halogens is 2. The molecule has 0 fully saturated rings. The molecule has 1 aromatic heterocycles. The van der Waals surface area contributed by atoms with Crippen LogP contribution in [0, 0.1) is 6.92 Å². The number of carbonyl (C=O) groups is 1. The van der Waals surface area contributed by atoms with Crippen LogP contribution in [0.5, 0.6) is 0 Å². The number of rotatable bonds is 4. The minimum atomic E-state index is -0.874. The Morgan fingerprint density at radius 3 is 2.53 bits per heavy atom. The maximum absolute atomic E-state index is 10.9. The molecule has 6 heteroatoms. The molecule has 0 aliphatic heterocycles. The van der Waals surface area contributed by atoms with Crippen LogP contribution in [0.15, 0.2) is 33.2 Å². The van der Waals surface area contributed by atoms with Crippen LogP contribution in [0.25, 0.3) is 0 Å². The van der Waals surface area contributed by atoms with Crippen LogP contribution < -0.4 is 5.32 Å². The minimum absolute atomic E-state index is 0.375. The number of benzene rings is 1. The molecular formula is C13H11Br2NO2S. The summed E-state index contributed by atoms with van der Waals surface area (Å²) in [5.41, 5.74) is 1.97. The van der Waals surface area contributed by atoms with Gasteiger partial charge in [0.15, 0.2) is 0 Å². The summed E-state index contributed by atoms with van der Waals surface area (Å²) in [5.74, 6) is -0.874. The first-order chi connectivity index (χ1) is 8.99. The molecule has 19 heavy (non-hydrogen) atoms. The van der Waals surface area contributed by atoms with Crippen molar-refractivity contribution in [1.29, 1.82) is 0 Å². The standard InChI is InChI=1S/C13H11Br2NO2S/c1-7-8(5-11(19-7)13(17)18)6-16-12-9(14)3-2-4-10(12)15/h2-5,16H,6H2,1H3,(H,17,18). The van der Waals surface area contributed by atoms with E-state index in [1.807, 2.05) is 25.1 Å². The van der Waals surface area contributed by atoms with Crippen molar-refractivity contribution in [1.82, 2.24) is 0 Å². The molecule has 0 spiro atoms. The van der Waals surface area contributed by atoms with Crippen molar-refractivity contribution in [3.05, 3.63) is 48.5 Å². The molecule has 0 aliphatic carbocycles. The lowest BCUT2D eigenvalue weighted by Crippen LogP contribution is -2.01. The van der Waals surface area contributed by atoms with Crippen molar-refractivity contribution < 1.29 is 9.90 Å². The fourth-order valence-electron chi connectivity index (χ4n) is 1.65. The molecule has 0 unspecified atom stereocenters. The van der Waals surface area contributed by atoms with Gasteiger partial charge in [-0.15, -0.1) is 11.3 Å². The Kier molecular flexibility index (Phi) is 4.65. The monoisotopic (exact) mass is 403 g/mol. The molecular weight excluding hydrogens is 394 g/mol. The molecule has 0 radical (unpaired) electrons. The Labute approximate surface area is 131 Å². The van der Waals surface area contributed by atoms with Gasteiger partial charge in [-0.3, -0.25) is 0 Å². The lowest BCUT2D eigenvalue weighted by atomic mass is 10.2. The summed E-state index contributed by atoms with van der Waals surface area (Å²) < 4.78 is 1.93. The van der Waals surface area contributed by atoms with E-state index >= 15 is 0 Å². The third kappa shape index (κ3) is 3.38. The van der Waals surface area contributed by atoms with Crippen LogP contribution in [-0.2, 0) is 6.54 Å². The van der Waals surface area contributed by atoms with Crippen LogP contribution in [0.4, 0.5) is 5.69 Å². The van der Waals surface area contributed by atoms with E-state index in [1.165, 1.54) is 11.3 Å². The molecule has 1 aromatic carbocycles. The van der Waals surface area contributed by atoms with Gasteiger partial charge in [-0.2, -0.15) is 0 Å². The molecule has 100 valence electrons. The fourth-order valence-corrected chi connectivity index (χ4v) is 3.81. The van der Waals surface area contributed by atoms with Crippen LogP contribution in [0.1, 0.15) is 20.1 Å². The average molecular weight is 405 g/mol. The van der Waals surface area contributed by atoms with Crippen molar-refractivity contribution in [2.45, 2.75) is 13.5 Å². The zero-order valence-electron chi connectivity index (χ0n) is 10.0. The third-order valence-electron chi connectivity index (χ3n) is 2.65. The van der Waals surface area contributed by atoms with E-state index in [2.05, 4.69) is 37.2 Å². The highest BCUT2D eigenvalue weighted by molar-refractivity contribution is 9.11. The third-order valence-corrected chi connectivity index (χ3v) is 5.05. The van der Waals surface area contributed by atoms with Crippen LogP contribution in [0.3, 0.4) is 0 Å². The molecule has 0 aliphatic rings. The zero-order chi connectivity index (χ0) is 14.0. The van der Waals surface area contributed by atoms with Crippen LogP contribution >= 0.6 is 43.2 Å². The number of thiophene rings is 1. The first-order valence-corrected chi connectivity index (χ1v) is 7.89. The highest BCUT2D eigenvalue weighted by Crippen LogP contribution is 2.31. The second-order valence-corrected chi connectivity index (χ2v) is 6.91. The van der Waals surface area contributed by atoms with E-state index < -0.39 is 5.97 Å². The molecule has 3 nitrogen and oxygen atoms in total. The Morgan fingerprint density at radius 1 is 1.37 bits per heavy atom. The Hall–Kier alpha value is -0.850. The van der Waals surface area contributed by atoms with E-state index in [0.717, 1.165) is 25.1 Å². The van der Waals surface area contributed by atoms with Gasteiger partial charge in [0.25, 0.3) is 0 Å². The van der Waals surface area contributed by atoms with Crippen molar-refractivity contribution >= 4 is 54.9 Å². The number of hydrogen-bond donors (Lipinski definition) is 2. The topological polar surface area (TPSA) is 49.3 Å². The highest BCUT2D eigenvalue weighted by atomic mass is 79.9. The molecule has 1 heterocycles. The lowest BCUT2D eigenvalue weighted by Gasteiger charge is -2.10. The van der Waals surface area contributed by atoms with Crippen LogP contribution in [-0.4, -0.2) is 11.1 Å². The van der Waals surface area contributed by atoms with Gasteiger partial charge >= 0.3 is 5.97 Å². The highest BCUT2D eigenvalue weighted by Gasteiger charge is 2.11. The van der Waals surface area contributed by atoms with Gasteiger partial charge in [0, 0.05) is 20.4 Å². The van der Waals surface area contributed by atoms with Gasteiger partial charge in [0.2, 0.25) is 0 Å². The molecule has 2 aromatic rings. The molecule has 2 N–H and O–H groups in total. The van der Waals surface area contributed by atoms with Gasteiger partial charge < -0.3 is 10.4 Å². The zero-order valence-corrected chi connectivity index (χ0v) is 14.0. The number of carboxylic acid groups (broad SMARTS) is 1. The lowest BCUT2D eigenvalue weighted by molar-refractivity contribution is 0.0702. The summed E-state index contributed by atoms with van der Waals surface area (Å²) in [6.07, 6.45) is 0. The summed E-state index contributed by atoms with van der Waals surface area (Å²) in [4.78, 5) is 12.3. The summed E-state index contributed by atoms with van der Waals surface area (Å²) in [7, 11) is 0. The van der Waals surface area contributed by atoms with E-state index in [1.54, 1.807) is 6.07 Å². The first kappa shape index (κ1) is 14.6. The molecule has 0 amide bonds. The Bertz CT molecular complexity index is 605. The quantitative estimate of drug-likeness (QED) is 0.762. The van der Waals surface area contributed by atoms with Crippen molar-refractivity contribution in [2.75, 3.05) is 5.32 Å². The molecule has 0 saturated heterocycles. The van der Waals surface area contributed by atoms with Gasteiger partial charge in [0.1, 0.15) is 4.88 Å². The van der Waals surface area contributed by atoms with E-state index in [-0.39, 0.29) is 0 Å². The molecule has 2 rings (SSSR count). The van der Waals surface area contributed by atoms with Gasteiger partial charge in [-0.1, -0.05) is 6.07 Å². The predicted molar refractivity (Wildman–Crippen MR) is 85.2 cm³/mol. The SMILES string of the molecule is Cc1sc(C(=O)O)cc1CNc1c(Br)cccc1Br. The van der Waals surface area contributed by atoms with Crippen molar-refractivity contribution in [3.8, 4) is 0 Å². The molecule has 0 saturated carbocycles. The summed E-state index contributed by atoms with van der Waals surface area (Å²) >= 11 is 8.27. The number of anilines is 1. The summed E-state index contributed by atoms with van der Waals surface area (Å²) in [6, 6.07) is 7.57. The number of carboxylic acids is 1. The average Bonchev–Trinajstić information content (AvgIpc) is 2.70. The van der Waals surface area contributed by atoms with Crippen molar-refractivity contribution in [3.63, 3.8) is 0 Å². The number of hydrogen-bond acceptors (Lipinski definition) is 3. The summed E-state index contributed by atoms with van der Waals surface area (Å²) in [5, 5.41) is 12.3. The number of nitrogens with one attached hydrogen (secondary N) is 1. The maximum atomic E-state index is 10.9. The second kappa shape index (κ2) is 6.07. The van der Waals surface area contributed by atoms with Crippen LogP contribution in [0.2, 0.25) is 0 Å². The number of para-hydroxylation sites is 1. The largest absolute Gasteiger partial charge is 0.477 e. The number of aromatic carboxylic acids is 1. The second-order valence-electron chi connectivity index (χ2n) is 3.95. The molecule has 0 bridgehead atoms.